The summed E-state index contributed by atoms with van der Waals surface area (Å²) in [7, 11) is 0. The minimum atomic E-state index is 0.559. The number of aromatic amines is 1. The molecule has 0 bridgehead atoms. The monoisotopic (exact) mass is 315 g/mol. The summed E-state index contributed by atoms with van der Waals surface area (Å²) in [5.74, 6) is 0. The molecule has 0 atom stereocenters. The summed E-state index contributed by atoms with van der Waals surface area (Å²) >= 11 is 12.0. The summed E-state index contributed by atoms with van der Waals surface area (Å²) in [6.07, 6.45) is 5.55. The van der Waals surface area contributed by atoms with E-state index in [1.165, 1.54) is 0 Å². The van der Waals surface area contributed by atoms with Crippen LogP contribution in [0.15, 0.2) is 48.7 Å². The third-order valence-corrected chi connectivity index (χ3v) is 3.78. The van der Waals surface area contributed by atoms with Crippen molar-refractivity contribution in [3.8, 4) is 11.1 Å². The zero-order valence-electron chi connectivity index (χ0n) is 10.9. The van der Waals surface area contributed by atoms with Crippen molar-refractivity contribution in [2.24, 2.45) is 0 Å². The molecule has 3 rings (SSSR count). The van der Waals surface area contributed by atoms with Gasteiger partial charge in [0.1, 0.15) is 5.69 Å². The van der Waals surface area contributed by atoms with Gasteiger partial charge in [-0.1, -0.05) is 59.6 Å². The van der Waals surface area contributed by atoms with Gasteiger partial charge in [0, 0.05) is 0 Å². The fourth-order valence-electron chi connectivity index (χ4n) is 1.93. The maximum Gasteiger partial charge on any atom is 0.105 e. The van der Waals surface area contributed by atoms with Gasteiger partial charge in [0.2, 0.25) is 0 Å². The fourth-order valence-corrected chi connectivity index (χ4v) is 2.23. The minimum Gasteiger partial charge on any atom is -0.197 e. The molecule has 0 spiro atoms. The Labute approximate surface area is 132 Å². The SMILES string of the molecule is Clc1ccc(-c2ccc(/C=C/c3cn[nH]n3)cc2)cc1Cl. The van der Waals surface area contributed by atoms with Crippen molar-refractivity contribution < 1.29 is 0 Å². The van der Waals surface area contributed by atoms with Gasteiger partial charge in [0.25, 0.3) is 0 Å². The van der Waals surface area contributed by atoms with Crippen LogP contribution in [-0.2, 0) is 0 Å². The van der Waals surface area contributed by atoms with Crippen LogP contribution in [0.3, 0.4) is 0 Å². The lowest BCUT2D eigenvalue weighted by atomic mass is 10.0. The summed E-state index contributed by atoms with van der Waals surface area (Å²) in [5.41, 5.74) is 4.01. The van der Waals surface area contributed by atoms with Crippen molar-refractivity contribution in [1.82, 2.24) is 15.4 Å². The highest BCUT2D eigenvalue weighted by Gasteiger charge is 2.02. The molecular weight excluding hydrogens is 305 g/mol. The first-order valence-corrected chi connectivity index (χ1v) is 7.07. The second-order valence-electron chi connectivity index (χ2n) is 4.48. The van der Waals surface area contributed by atoms with E-state index in [4.69, 9.17) is 23.2 Å². The van der Waals surface area contributed by atoms with Crippen LogP contribution in [0, 0.1) is 0 Å². The zero-order valence-corrected chi connectivity index (χ0v) is 12.4. The Balaban J connectivity index is 1.82. The molecule has 0 aliphatic rings. The zero-order chi connectivity index (χ0) is 14.7. The maximum absolute atomic E-state index is 6.04. The predicted molar refractivity (Wildman–Crippen MR) is 87.2 cm³/mol. The van der Waals surface area contributed by atoms with Crippen LogP contribution in [-0.4, -0.2) is 15.4 Å². The number of halogens is 2. The van der Waals surface area contributed by atoms with Crippen molar-refractivity contribution in [3.05, 3.63) is 70.0 Å². The Kier molecular flexibility index (Phi) is 4.04. The lowest BCUT2D eigenvalue weighted by Crippen LogP contribution is -1.80. The quantitative estimate of drug-likeness (QED) is 0.743. The molecule has 1 aromatic heterocycles. The highest BCUT2D eigenvalue weighted by atomic mass is 35.5. The molecule has 5 heteroatoms. The normalized spacial score (nSPS) is 11.1. The molecule has 1 N–H and O–H groups in total. The first kappa shape index (κ1) is 13.9. The van der Waals surface area contributed by atoms with Gasteiger partial charge in [-0.25, -0.2) is 0 Å². The molecule has 21 heavy (non-hydrogen) atoms. The molecule has 1 heterocycles. The largest absolute Gasteiger partial charge is 0.197 e. The number of rotatable bonds is 3. The number of hydrogen-bond donors (Lipinski definition) is 1. The van der Waals surface area contributed by atoms with Crippen molar-refractivity contribution in [2.45, 2.75) is 0 Å². The molecular formula is C16H11Cl2N3. The third kappa shape index (κ3) is 3.32. The number of nitrogens with zero attached hydrogens (tertiary/aromatic N) is 2. The van der Waals surface area contributed by atoms with Crippen LogP contribution in [0.2, 0.25) is 10.0 Å². The molecule has 0 saturated carbocycles. The van der Waals surface area contributed by atoms with Crippen LogP contribution >= 0.6 is 23.2 Å². The van der Waals surface area contributed by atoms with Crippen LogP contribution in [0.4, 0.5) is 0 Å². The minimum absolute atomic E-state index is 0.559. The van der Waals surface area contributed by atoms with Crippen LogP contribution < -0.4 is 0 Å². The smallest absolute Gasteiger partial charge is 0.105 e. The fraction of sp³-hybridized carbons (Fsp3) is 0. The summed E-state index contributed by atoms with van der Waals surface area (Å²) < 4.78 is 0. The Bertz CT molecular complexity index is 763. The molecule has 3 nitrogen and oxygen atoms in total. The maximum atomic E-state index is 6.04. The molecule has 0 saturated heterocycles. The van der Waals surface area contributed by atoms with Crippen molar-refractivity contribution in [1.29, 1.82) is 0 Å². The Morgan fingerprint density at radius 1 is 0.857 bits per heavy atom. The first-order valence-electron chi connectivity index (χ1n) is 6.32. The second-order valence-corrected chi connectivity index (χ2v) is 5.29. The molecule has 0 aliphatic heterocycles. The summed E-state index contributed by atoms with van der Waals surface area (Å²) in [4.78, 5) is 0. The molecule has 104 valence electrons. The molecule has 0 radical (unpaired) electrons. The van der Waals surface area contributed by atoms with Gasteiger partial charge in [0.15, 0.2) is 0 Å². The molecule has 3 aromatic rings. The van der Waals surface area contributed by atoms with E-state index in [1.54, 1.807) is 12.3 Å². The molecule has 0 fully saturated rings. The van der Waals surface area contributed by atoms with Crippen LogP contribution in [0.1, 0.15) is 11.3 Å². The molecule has 0 unspecified atom stereocenters. The lowest BCUT2D eigenvalue weighted by Gasteiger charge is -2.04. The van der Waals surface area contributed by atoms with Gasteiger partial charge in [-0.3, -0.25) is 0 Å². The molecule has 2 aromatic carbocycles. The number of H-pyrrole nitrogens is 1. The van der Waals surface area contributed by atoms with E-state index in [0.29, 0.717) is 10.0 Å². The van der Waals surface area contributed by atoms with Gasteiger partial charge in [0.05, 0.1) is 16.2 Å². The van der Waals surface area contributed by atoms with Crippen molar-refractivity contribution >= 4 is 35.4 Å². The summed E-state index contributed by atoms with van der Waals surface area (Å²) in [6.45, 7) is 0. The Morgan fingerprint density at radius 2 is 1.62 bits per heavy atom. The van der Waals surface area contributed by atoms with Gasteiger partial charge in [-0.05, 0) is 34.9 Å². The summed E-state index contributed by atoms with van der Waals surface area (Å²) in [6, 6.07) is 13.8. The predicted octanol–water partition coefficient (Wildman–Crippen LogP) is 4.95. The molecule has 0 amide bonds. The van der Waals surface area contributed by atoms with E-state index in [0.717, 1.165) is 22.4 Å². The van der Waals surface area contributed by atoms with Gasteiger partial charge < -0.3 is 0 Å². The van der Waals surface area contributed by atoms with Crippen LogP contribution in [0.25, 0.3) is 23.3 Å². The molecule has 0 aliphatic carbocycles. The van der Waals surface area contributed by atoms with Crippen LogP contribution in [0.5, 0.6) is 0 Å². The first-order chi connectivity index (χ1) is 10.2. The average molecular weight is 316 g/mol. The highest BCUT2D eigenvalue weighted by Crippen LogP contribution is 2.28. The van der Waals surface area contributed by atoms with Gasteiger partial charge >= 0.3 is 0 Å². The van der Waals surface area contributed by atoms with E-state index >= 15 is 0 Å². The van der Waals surface area contributed by atoms with E-state index in [9.17, 15) is 0 Å². The van der Waals surface area contributed by atoms with E-state index in [-0.39, 0.29) is 0 Å². The number of benzene rings is 2. The third-order valence-electron chi connectivity index (χ3n) is 3.04. The topological polar surface area (TPSA) is 41.6 Å². The number of hydrogen-bond acceptors (Lipinski definition) is 2. The van der Waals surface area contributed by atoms with E-state index < -0.39 is 0 Å². The highest BCUT2D eigenvalue weighted by molar-refractivity contribution is 6.42. The Morgan fingerprint density at radius 3 is 2.29 bits per heavy atom. The van der Waals surface area contributed by atoms with Gasteiger partial charge in [-0.2, -0.15) is 15.4 Å². The van der Waals surface area contributed by atoms with E-state index in [2.05, 4.69) is 15.4 Å². The number of nitrogens with one attached hydrogen (secondary N) is 1. The van der Waals surface area contributed by atoms with Crippen molar-refractivity contribution in [2.75, 3.05) is 0 Å². The standard InChI is InChI=1S/C16H11Cl2N3/c17-15-8-6-13(9-16(15)18)12-4-1-11(2-5-12)3-7-14-10-19-21-20-14/h1-10H,(H,19,20,21)/b7-3+. The van der Waals surface area contributed by atoms with Crippen molar-refractivity contribution in [3.63, 3.8) is 0 Å². The van der Waals surface area contributed by atoms with E-state index in [1.807, 2.05) is 48.6 Å². The Hall–Kier alpha value is -2.10. The lowest BCUT2D eigenvalue weighted by molar-refractivity contribution is 0.937. The average Bonchev–Trinajstić information content (AvgIpc) is 3.02. The number of aromatic nitrogens is 3. The van der Waals surface area contributed by atoms with Gasteiger partial charge in [-0.15, -0.1) is 0 Å². The second kappa shape index (κ2) is 6.12. The summed E-state index contributed by atoms with van der Waals surface area (Å²) in [5, 5.41) is 11.4.